The number of fused-ring (bicyclic) bond motifs is 5. The van der Waals surface area contributed by atoms with E-state index in [1.807, 2.05) is 102 Å². The van der Waals surface area contributed by atoms with Crippen LogP contribution in [0.15, 0.2) is 291 Å². The van der Waals surface area contributed by atoms with E-state index in [0.717, 1.165) is 83.7 Å². The van der Waals surface area contributed by atoms with E-state index >= 15 is 4.39 Å². The fourth-order valence-corrected chi connectivity index (χ4v) is 11.6. The Bertz CT molecular complexity index is 4050. The lowest BCUT2D eigenvalue weighted by Gasteiger charge is -2.35. The molecule has 3 nitrogen and oxygen atoms in total. The molecule has 0 saturated carbocycles. The molecule has 0 N–H and O–H groups in total. The second kappa shape index (κ2) is 19.4. The van der Waals surface area contributed by atoms with Crippen molar-refractivity contribution in [2.24, 2.45) is 0 Å². The van der Waals surface area contributed by atoms with Gasteiger partial charge in [-0.1, -0.05) is 218 Å². The summed E-state index contributed by atoms with van der Waals surface area (Å²) in [6.07, 6.45) is 0. The Kier molecular flexibility index (Phi) is 11.7. The van der Waals surface area contributed by atoms with E-state index in [-0.39, 0.29) is 5.82 Å². The number of anilines is 6. The molecule has 0 bridgehead atoms. The summed E-state index contributed by atoms with van der Waals surface area (Å²) in [5.74, 6) is -0.315. The van der Waals surface area contributed by atoms with Gasteiger partial charge < -0.3 is 9.80 Å². The van der Waals surface area contributed by atoms with Crippen molar-refractivity contribution in [2.75, 3.05) is 9.80 Å². The van der Waals surface area contributed by atoms with Gasteiger partial charge in [-0.05, 0) is 139 Å². The van der Waals surface area contributed by atoms with Crippen LogP contribution < -0.4 is 9.80 Å². The zero-order chi connectivity index (χ0) is 51.0. The predicted octanol–water partition coefficient (Wildman–Crippen LogP) is 19.8. The third kappa shape index (κ3) is 7.82. The molecule has 0 spiro atoms. The summed E-state index contributed by atoms with van der Waals surface area (Å²) in [7, 11) is 0. The maximum absolute atomic E-state index is 17.4. The first-order valence-corrected chi connectivity index (χ1v) is 25.6. The fourth-order valence-electron chi connectivity index (χ4n) is 11.6. The second-order valence-corrected chi connectivity index (χ2v) is 19.2. The largest absolute Gasteiger partial charge is 0.310 e. The van der Waals surface area contributed by atoms with E-state index < -0.39 is 5.41 Å². The molecule has 0 aromatic heterocycles. The molecule has 12 aromatic carbocycles. The molecule has 0 aliphatic heterocycles. The number of rotatable bonds is 11. The highest BCUT2D eigenvalue weighted by molar-refractivity contribution is 6.11. The predicted molar refractivity (Wildman–Crippen MR) is 313 cm³/mol. The van der Waals surface area contributed by atoms with Crippen molar-refractivity contribution in [1.82, 2.24) is 0 Å². The van der Waals surface area contributed by atoms with E-state index in [0.29, 0.717) is 11.4 Å². The third-order valence-electron chi connectivity index (χ3n) is 15.0. The molecule has 0 amide bonds. The first-order valence-electron chi connectivity index (χ1n) is 25.6. The quantitative estimate of drug-likeness (QED) is 0.120. The zero-order valence-corrected chi connectivity index (χ0v) is 41.4. The molecule has 1 aliphatic rings. The molecule has 1 aliphatic carbocycles. The molecule has 0 atom stereocenters. The standard InChI is InChI=1S/C72H48FN3/c1-74-57-39-43-60(44-40-57)75(58-30-16-6-17-31-58)69-49-67-70(63-35-21-20-34-62(63)69)64-45-38-53(47-66(64)72(67,55-26-12-4-13-27-55)56-28-14-5-15-29-56)51-36-41-61(42-37-51)76(59-32-18-7-19-33-59)71-65(52-24-10-3-11-25-52)46-54(48-68(71)73)50-22-8-2-9-23-50/h2-49H. The topological polar surface area (TPSA) is 10.8 Å². The van der Waals surface area contributed by atoms with Crippen LogP contribution in [0.1, 0.15) is 22.3 Å². The Labute approximate surface area is 443 Å². The maximum Gasteiger partial charge on any atom is 0.187 e. The number of hydrogen-bond donors (Lipinski definition) is 0. The van der Waals surface area contributed by atoms with Gasteiger partial charge in [-0.3, -0.25) is 0 Å². The minimum atomic E-state index is -0.736. The van der Waals surface area contributed by atoms with Crippen LogP contribution in [0.25, 0.3) is 60.1 Å². The van der Waals surface area contributed by atoms with Crippen molar-refractivity contribution < 1.29 is 4.39 Å². The second-order valence-electron chi connectivity index (χ2n) is 19.2. The van der Waals surface area contributed by atoms with Crippen molar-refractivity contribution in [3.63, 3.8) is 0 Å². The van der Waals surface area contributed by atoms with Crippen molar-refractivity contribution in [1.29, 1.82) is 0 Å². The van der Waals surface area contributed by atoms with Gasteiger partial charge in [-0.25, -0.2) is 9.24 Å². The lowest BCUT2D eigenvalue weighted by Crippen LogP contribution is -2.29. The summed E-state index contributed by atoms with van der Waals surface area (Å²) < 4.78 is 17.4. The molecule has 0 saturated heterocycles. The smallest absolute Gasteiger partial charge is 0.187 e. The van der Waals surface area contributed by atoms with Crippen LogP contribution in [0, 0.1) is 12.4 Å². The molecule has 0 fully saturated rings. The summed E-state index contributed by atoms with van der Waals surface area (Å²) >= 11 is 0. The average Bonchev–Trinajstić information content (AvgIpc) is 3.97. The van der Waals surface area contributed by atoms with Crippen molar-refractivity contribution in [3.05, 3.63) is 331 Å². The minimum Gasteiger partial charge on any atom is -0.310 e. The van der Waals surface area contributed by atoms with Gasteiger partial charge in [-0.2, -0.15) is 0 Å². The first kappa shape index (κ1) is 45.8. The number of halogens is 1. The van der Waals surface area contributed by atoms with Crippen molar-refractivity contribution in [2.45, 2.75) is 5.41 Å². The SMILES string of the molecule is [C-]#[N+]c1ccc(N(c2ccccc2)c2cc3c(c4ccccc24)-c2ccc(-c4ccc(N(c5ccccc5)c5c(F)cc(-c6ccccc6)cc5-c5ccccc5)cc4)cc2C3(c2ccccc2)c2ccccc2)cc1. The van der Waals surface area contributed by atoms with E-state index in [1.54, 1.807) is 6.07 Å². The van der Waals surface area contributed by atoms with Crippen molar-refractivity contribution in [3.8, 4) is 44.5 Å². The van der Waals surface area contributed by atoms with E-state index in [1.165, 1.54) is 22.3 Å². The summed E-state index contributed by atoms with van der Waals surface area (Å²) in [5, 5.41) is 2.27. The fraction of sp³-hybridized carbons (Fsp3) is 0.0139. The summed E-state index contributed by atoms with van der Waals surface area (Å²) in [6.45, 7) is 7.74. The lowest BCUT2D eigenvalue weighted by molar-refractivity contribution is 0.630. The monoisotopic (exact) mass is 973 g/mol. The third-order valence-corrected chi connectivity index (χ3v) is 15.0. The van der Waals surface area contributed by atoms with E-state index in [4.69, 9.17) is 6.57 Å². The minimum absolute atomic E-state index is 0.315. The van der Waals surface area contributed by atoms with Crippen LogP contribution in [0.5, 0.6) is 0 Å². The average molecular weight is 974 g/mol. The Hall–Kier alpha value is -10.1. The Morgan fingerprint density at radius 1 is 0.342 bits per heavy atom. The highest BCUT2D eigenvalue weighted by atomic mass is 19.1. The van der Waals surface area contributed by atoms with Gasteiger partial charge in [0, 0.05) is 33.7 Å². The van der Waals surface area contributed by atoms with Gasteiger partial charge in [0.15, 0.2) is 5.69 Å². The van der Waals surface area contributed by atoms with Crippen LogP contribution in [-0.2, 0) is 5.41 Å². The van der Waals surface area contributed by atoms with E-state index in [2.05, 4.69) is 198 Å². The number of nitrogens with zero attached hydrogens (tertiary/aromatic N) is 3. The van der Waals surface area contributed by atoms with Gasteiger partial charge in [0.1, 0.15) is 5.82 Å². The normalized spacial score (nSPS) is 12.1. The van der Waals surface area contributed by atoms with Gasteiger partial charge in [0.25, 0.3) is 0 Å². The molecule has 0 heterocycles. The van der Waals surface area contributed by atoms with Gasteiger partial charge >= 0.3 is 0 Å². The molecule has 358 valence electrons. The van der Waals surface area contributed by atoms with Gasteiger partial charge in [-0.15, -0.1) is 0 Å². The van der Waals surface area contributed by atoms with Crippen LogP contribution >= 0.6 is 0 Å². The maximum atomic E-state index is 17.4. The zero-order valence-electron chi connectivity index (χ0n) is 41.4. The molecular weight excluding hydrogens is 926 g/mol. The number of para-hydroxylation sites is 2. The van der Waals surface area contributed by atoms with E-state index in [9.17, 15) is 0 Å². The summed E-state index contributed by atoms with van der Waals surface area (Å²) in [4.78, 5) is 8.11. The molecule has 0 unspecified atom stereocenters. The summed E-state index contributed by atoms with van der Waals surface area (Å²) in [5.41, 5.74) is 17.7. The Balaban J connectivity index is 1.01. The number of hydrogen-bond acceptors (Lipinski definition) is 2. The molecular formula is C72H48FN3. The summed E-state index contributed by atoms with van der Waals surface area (Å²) in [6, 6.07) is 101. The van der Waals surface area contributed by atoms with Gasteiger partial charge in [0.05, 0.1) is 23.4 Å². The van der Waals surface area contributed by atoms with Crippen molar-refractivity contribution >= 4 is 50.6 Å². The highest BCUT2D eigenvalue weighted by Gasteiger charge is 2.47. The molecule has 12 aromatic rings. The van der Waals surface area contributed by atoms with Crippen LogP contribution in [-0.4, -0.2) is 0 Å². The molecule has 0 radical (unpaired) electrons. The van der Waals surface area contributed by atoms with Crippen LogP contribution in [0.4, 0.5) is 44.2 Å². The van der Waals surface area contributed by atoms with Crippen LogP contribution in [0.2, 0.25) is 0 Å². The first-order chi connectivity index (χ1) is 37.6. The molecule has 76 heavy (non-hydrogen) atoms. The molecule has 4 heteroatoms. The lowest BCUT2D eigenvalue weighted by atomic mass is 9.67. The highest BCUT2D eigenvalue weighted by Crippen LogP contribution is 2.60. The Morgan fingerprint density at radius 2 is 0.803 bits per heavy atom. The van der Waals surface area contributed by atoms with Crippen LogP contribution in [0.3, 0.4) is 0 Å². The van der Waals surface area contributed by atoms with Gasteiger partial charge in [0.2, 0.25) is 0 Å². The number of benzene rings is 12. The molecule has 13 rings (SSSR count). The Morgan fingerprint density at radius 3 is 1.39 bits per heavy atom.